The summed E-state index contributed by atoms with van der Waals surface area (Å²) in [5.74, 6) is -2.13. The van der Waals surface area contributed by atoms with E-state index in [1.54, 1.807) is 11.1 Å². The minimum absolute atomic E-state index is 0.0535. The number of hydrogen-bond donors (Lipinski definition) is 0. The van der Waals surface area contributed by atoms with Gasteiger partial charge >= 0.3 is 12.1 Å². The van der Waals surface area contributed by atoms with Gasteiger partial charge in [-0.1, -0.05) is 57.2 Å². The van der Waals surface area contributed by atoms with Gasteiger partial charge in [-0.2, -0.15) is 22.0 Å². The Bertz CT molecular complexity index is 1010. The van der Waals surface area contributed by atoms with E-state index < -0.39 is 18.5 Å². The van der Waals surface area contributed by atoms with E-state index in [2.05, 4.69) is 37.1 Å². The molecule has 232 valence electrons. The molecular formula is C34H50F5NO. The zero-order chi connectivity index (χ0) is 29.7. The predicted molar refractivity (Wildman–Crippen MR) is 154 cm³/mol. The Morgan fingerprint density at radius 1 is 0.854 bits per heavy atom. The second-order valence-corrected chi connectivity index (χ2v) is 13.6. The third-order valence-electron chi connectivity index (χ3n) is 10.7. The highest BCUT2D eigenvalue weighted by atomic mass is 19.4. The maximum absolute atomic E-state index is 12.9. The van der Waals surface area contributed by atoms with Crippen molar-refractivity contribution < 1.29 is 26.7 Å². The molecule has 41 heavy (non-hydrogen) atoms. The van der Waals surface area contributed by atoms with Crippen molar-refractivity contribution in [3.8, 4) is 0 Å². The summed E-state index contributed by atoms with van der Waals surface area (Å²) >= 11 is 0. The van der Waals surface area contributed by atoms with E-state index in [1.807, 2.05) is 0 Å². The SMILES string of the molecule is CN(CCCCCCCCC(F)(F)C(F)(F)F)CCCCCc1ccc2c(c1)CC[C@@H]1[C@@H]2CC[C@]2(C)C(=O)CC[C@@H]12. The van der Waals surface area contributed by atoms with Gasteiger partial charge in [-0.3, -0.25) is 4.79 Å². The lowest BCUT2D eigenvalue weighted by Crippen LogP contribution is -2.42. The summed E-state index contributed by atoms with van der Waals surface area (Å²) in [6, 6.07) is 7.22. The highest BCUT2D eigenvalue weighted by Gasteiger charge is 2.56. The van der Waals surface area contributed by atoms with Crippen molar-refractivity contribution >= 4 is 5.78 Å². The summed E-state index contributed by atoms with van der Waals surface area (Å²) in [7, 11) is 2.13. The van der Waals surface area contributed by atoms with Crippen molar-refractivity contribution in [2.75, 3.05) is 20.1 Å². The lowest BCUT2D eigenvalue weighted by Gasteiger charge is -2.48. The van der Waals surface area contributed by atoms with E-state index in [9.17, 15) is 26.7 Å². The number of Topliss-reactive ketones (excluding diaryl/α,β-unsaturated/α-hetero) is 1. The Kier molecular flexibility index (Phi) is 11.0. The lowest BCUT2D eigenvalue weighted by atomic mass is 9.55. The van der Waals surface area contributed by atoms with E-state index in [1.165, 1.54) is 24.8 Å². The summed E-state index contributed by atoms with van der Waals surface area (Å²) in [5.41, 5.74) is 4.52. The van der Waals surface area contributed by atoms with E-state index in [0.29, 0.717) is 36.4 Å². The zero-order valence-electron chi connectivity index (χ0n) is 25.1. The van der Waals surface area contributed by atoms with Crippen molar-refractivity contribution in [1.29, 1.82) is 0 Å². The lowest BCUT2D eigenvalue weighted by molar-refractivity contribution is -0.284. The number of hydrogen-bond acceptors (Lipinski definition) is 2. The third kappa shape index (κ3) is 7.92. The van der Waals surface area contributed by atoms with Crippen LogP contribution in [0.1, 0.15) is 126 Å². The monoisotopic (exact) mass is 583 g/mol. The van der Waals surface area contributed by atoms with Gasteiger partial charge in [-0.15, -0.1) is 0 Å². The Morgan fingerprint density at radius 2 is 1.51 bits per heavy atom. The van der Waals surface area contributed by atoms with Crippen LogP contribution >= 0.6 is 0 Å². The number of fused-ring (bicyclic) bond motifs is 5. The summed E-state index contributed by atoms with van der Waals surface area (Å²) < 4.78 is 62.4. The first kappa shape index (κ1) is 32.4. The van der Waals surface area contributed by atoms with Crippen LogP contribution in [0.25, 0.3) is 0 Å². The van der Waals surface area contributed by atoms with Crippen LogP contribution in [-0.2, 0) is 17.6 Å². The zero-order valence-corrected chi connectivity index (χ0v) is 25.1. The van der Waals surface area contributed by atoms with Gasteiger partial charge in [0.05, 0.1) is 0 Å². The first-order valence-electron chi connectivity index (χ1n) is 16.2. The number of alkyl halides is 5. The molecule has 7 heteroatoms. The number of benzene rings is 1. The molecule has 0 N–H and O–H groups in total. The number of ketones is 1. The van der Waals surface area contributed by atoms with Gasteiger partial charge in [0.25, 0.3) is 0 Å². The van der Waals surface area contributed by atoms with Gasteiger partial charge in [0, 0.05) is 18.3 Å². The number of rotatable bonds is 15. The van der Waals surface area contributed by atoms with Gasteiger partial charge in [-0.05, 0) is 119 Å². The van der Waals surface area contributed by atoms with Crippen LogP contribution in [0.4, 0.5) is 22.0 Å². The molecule has 2 saturated carbocycles. The molecule has 0 amide bonds. The summed E-state index contributed by atoms with van der Waals surface area (Å²) in [5, 5.41) is 0. The Morgan fingerprint density at radius 3 is 2.22 bits per heavy atom. The molecule has 3 aliphatic carbocycles. The molecule has 1 aromatic carbocycles. The fourth-order valence-electron chi connectivity index (χ4n) is 8.14. The Labute approximate surface area is 243 Å². The molecule has 0 radical (unpaired) electrons. The molecule has 0 unspecified atom stereocenters. The quantitative estimate of drug-likeness (QED) is 0.151. The standard InChI is InChI=1S/C34H50F5NO/c1-32-21-19-28-27-15-13-25(24-26(27)14-16-29(28)30(32)17-18-31(32)41)12-8-7-11-23-40(2)22-10-6-4-3-5-9-20-33(35,36)34(37,38)39/h13,15,24,28-30H,3-12,14,16-23H2,1-2H3/t28-,29-,30+,32+/m1/s1. The van der Waals surface area contributed by atoms with Crippen LogP contribution in [0.5, 0.6) is 0 Å². The predicted octanol–water partition coefficient (Wildman–Crippen LogP) is 9.68. The highest BCUT2D eigenvalue weighted by molar-refractivity contribution is 5.87. The molecule has 1 aromatic rings. The largest absolute Gasteiger partial charge is 0.453 e. The molecule has 0 aliphatic heterocycles. The molecule has 0 saturated heterocycles. The number of aryl methyl sites for hydroxylation is 2. The van der Waals surface area contributed by atoms with E-state index in [-0.39, 0.29) is 11.8 Å². The summed E-state index contributed by atoms with van der Waals surface area (Å²) in [6.07, 6.45) is 8.60. The van der Waals surface area contributed by atoms with Gasteiger partial charge in [0.2, 0.25) is 0 Å². The molecule has 0 bridgehead atoms. The summed E-state index contributed by atoms with van der Waals surface area (Å²) in [6.45, 7) is 4.29. The van der Waals surface area contributed by atoms with Crippen molar-refractivity contribution in [3.63, 3.8) is 0 Å². The van der Waals surface area contributed by atoms with Crippen molar-refractivity contribution in [2.24, 2.45) is 17.3 Å². The smallest absolute Gasteiger partial charge is 0.306 e. The van der Waals surface area contributed by atoms with E-state index >= 15 is 0 Å². The molecular weight excluding hydrogens is 533 g/mol. The van der Waals surface area contributed by atoms with Gasteiger partial charge < -0.3 is 4.90 Å². The topological polar surface area (TPSA) is 20.3 Å². The van der Waals surface area contributed by atoms with E-state index in [4.69, 9.17) is 0 Å². The molecule has 0 aromatic heterocycles. The maximum atomic E-state index is 12.9. The van der Waals surface area contributed by atoms with Crippen LogP contribution in [0.3, 0.4) is 0 Å². The van der Waals surface area contributed by atoms with Gasteiger partial charge in [0.1, 0.15) is 5.78 Å². The third-order valence-corrected chi connectivity index (χ3v) is 10.7. The fraction of sp³-hybridized carbons (Fsp3) is 0.794. The molecule has 4 atom stereocenters. The van der Waals surface area contributed by atoms with E-state index in [0.717, 1.165) is 77.3 Å². The molecule has 4 rings (SSSR count). The minimum Gasteiger partial charge on any atom is -0.306 e. The van der Waals surface area contributed by atoms with Crippen LogP contribution in [0, 0.1) is 17.3 Å². The second-order valence-electron chi connectivity index (χ2n) is 13.6. The molecule has 3 aliphatic rings. The average molecular weight is 584 g/mol. The molecule has 2 nitrogen and oxygen atoms in total. The molecule has 2 fully saturated rings. The summed E-state index contributed by atoms with van der Waals surface area (Å²) in [4.78, 5) is 14.9. The minimum atomic E-state index is -5.43. The van der Waals surface area contributed by atoms with Crippen molar-refractivity contribution in [3.05, 3.63) is 34.9 Å². The second kappa shape index (κ2) is 13.9. The van der Waals surface area contributed by atoms with Crippen LogP contribution in [0.2, 0.25) is 0 Å². The van der Waals surface area contributed by atoms with Crippen LogP contribution in [-0.4, -0.2) is 42.9 Å². The Balaban J connectivity index is 1.05. The highest BCUT2D eigenvalue weighted by Crippen LogP contribution is 2.59. The maximum Gasteiger partial charge on any atom is 0.453 e. The number of carbonyl (C=O) groups is 1. The molecule has 0 spiro atoms. The normalized spacial score (nSPS) is 26.2. The van der Waals surface area contributed by atoms with Crippen LogP contribution in [0.15, 0.2) is 18.2 Å². The Hall–Kier alpha value is -1.50. The van der Waals surface area contributed by atoms with Crippen LogP contribution < -0.4 is 0 Å². The molecule has 0 heterocycles. The van der Waals surface area contributed by atoms with Crippen molar-refractivity contribution in [2.45, 2.75) is 134 Å². The fourth-order valence-corrected chi connectivity index (χ4v) is 8.14. The number of carbonyl (C=O) groups excluding carboxylic acids is 1. The first-order chi connectivity index (χ1) is 19.4. The average Bonchev–Trinajstić information content (AvgIpc) is 3.23. The number of nitrogens with zero attached hydrogens (tertiary/aromatic N) is 1. The van der Waals surface area contributed by atoms with Gasteiger partial charge in [-0.25, -0.2) is 0 Å². The van der Waals surface area contributed by atoms with Gasteiger partial charge in [0.15, 0.2) is 0 Å². The number of unbranched alkanes of at least 4 members (excludes halogenated alkanes) is 7. The number of halogens is 5. The van der Waals surface area contributed by atoms with Crippen molar-refractivity contribution in [1.82, 2.24) is 4.90 Å². The first-order valence-corrected chi connectivity index (χ1v) is 16.2.